The molecular weight excluding hydrogens is 593 g/mol. The fourth-order valence-corrected chi connectivity index (χ4v) is 7.45. The molecule has 4 nitrogen and oxygen atoms in total. The first-order valence-corrected chi connectivity index (χ1v) is 16.5. The summed E-state index contributed by atoms with van der Waals surface area (Å²) >= 11 is 1.80. The van der Waals surface area contributed by atoms with Crippen LogP contribution in [0.4, 0.5) is 0 Å². The summed E-state index contributed by atoms with van der Waals surface area (Å²) in [5.74, 6) is 0. The van der Waals surface area contributed by atoms with Crippen LogP contribution in [0.1, 0.15) is 35.1 Å². The summed E-state index contributed by atoms with van der Waals surface area (Å²) in [5.41, 5.74) is 16.6. The van der Waals surface area contributed by atoms with E-state index in [0.29, 0.717) is 17.0 Å². The van der Waals surface area contributed by atoms with Gasteiger partial charge in [-0.25, -0.2) is 0 Å². The number of nitriles is 1. The highest BCUT2D eigenvalue weighted by atomic mass is 32.1. The lowest BCUT2D eigenvalue weighted by Gasteiger charge is -2.09. The molecule has 0 saturated heterocycles. The van der Waals surface area contributed by atoms with Crippen LogP contribution in [-0.2, 0) is 0 Å². The number of hydrogen-bond acceptors (Lipinski definition) is 4. The van der Waals surface area contributed by atoms with E-state index in [9.17, 15) is 5.26 Å². The molecule has 5 aromatic carbocycles. The third-order valence-electron chi connectivity index (χ3n) is 8.93. The van der Waals surface area contributed by atoms with Crippen LogP contribution in [0.15, 0.2) is 140 Å². The van der Waals surface area contributed by atoms with Crippen molar-refractivity contribution in [3.8, 4) is 22.9 Å². The van der Waals surface area contributed by atoms with E-state index < -0.39 is 0 Å². The van der Waals surface area contributed by atoms with Gasteiger partial charge in [0.15, 0.2) is 0 Å². The monoisotopic (exact) mass is 622 g/mol. The molecule has 0 aliphatic heterocycles. The smallest absolute Gasteiger partial charge is 0.0991 e. The standard InChI is InChI=1S/C42H30N4S/c43-26-27-6-17-40-34(22-27)20-21-46(40)35-16-19-42-37(24-35)36-23-33(15-18-41(36)47-42)30-9-13-32(14-10-30)39(45)25-38(44)31-11-7-29(8-12-31)28-4-2-1-3-5-28/h2,4-25,45H,1,3,44H2/b38-25-,45-39?. The Kier molecular flexibility index (Phi) is 7.13. The van der Waals surface area contributed by atoms with E-state index in [0.717, 1.165) is 51.7 Å². The number of benzene rings is 5. The summed E-state index contributed by atoms with van der Waals surface area (Å²) in [7, 11) is 0. The highest BCUT2D eigenvalue weighted by Gasteiger charge is 2.11. The van der Waals surface area contributed by atoms with E-state index in [2.05, 4.69) is 102 Å². The maximum atomic E-state index is 9.29. The molecule has 47 heavy (non-hydrogen) atoms. The largest absolute Gasteiger partial charge is 0.398 e. The van der Waals surface area contributed by atoms with Gasteiger partial charge in [0.1, 0.15) is 0 Å². The van der Waals surface area contributed by atoms with Crippen LogP contribution >= 0.6 is 11.3 Å². The van der Waals surface area contributed by atoms with Gasteiger partial charge >= 0.3 is 0 Å². The first kappa shape index (κ1) is 28.5. The second-order valence-electron chi connectivity index (χ2n) is 11.9. The summed E-state index contributed by atoms with van der Waals surface area (Å²) < 4.78 is 4.67. The molecule has 0 fully saturated rings. The van der Waals surface area contributed by atoms with Crippen molar-refractivity contribution in [2.45, 2.75) is 12.8 Å². The van der Waals surface area contributed by atoms with Crippen LogP contribution in [0.25, 0.3) is 59.2 Å². The van der Waals surface area contributed by atoms with Gasteiger partial charge in [0, 0.05) is 43.1 Å². The Bertz CT molecular complexity index is 2480. The van der Waals surface area contributed by atoms with E-state index in [4.69, 9.17) is 11.1 Å². The molecule has 0 radical (unpaired) electrons. The maximum absolute atomic E-state index is 9.29. The van der Waals surface area contributed by atoms with Crippen LogP contribution in [0.5, 0.6) is 0 Å². The van der Waals surface area contributed by atoms with Gasteiger partial charge in [0.25, 0.3) is 0 Å². The van der Waals surface area contributed by atoms with Crippen LogP contribution in [-0.4, -0.2) is 10.3 Å². The van der Waals surface area contributed by atoms with Crippen molar-refractivity contribution in [1.82, 2.24) is 4.57 Å². The molecule has 0 bridgehead atoms. The molecule has 0 saturated carbocycles. The predicted octanol–water partition coefficient (Wildman–Crippen LogP) is 10.6. The van der Waals surface area contributed by atoms with Gasteiger partial charge in [-0.2, -0.15) is 5.26 Å². The Morgan fingerprint density at radius 1 is 0.766 bits per heavy atom. The quantitative estimate of drug-likeness (QED) is 0.181. The number of nitrogens with one attached hydrogen (secondary N) is 1. The van der Waals surface area contributed by atoms with E-state index in [-0.39, 0.29) is 0 Å². The molecule has 0 amide bonds. The highest BCUT2D eigenvalue weighted by Crippen LogP contribution is 2.38. The van der Waals surface area contributed by atoms with Gasteiger partial charge in [0.05, 0.1) is 22.9 Å². The van der Waals surface area contributed by atoms with E-state index in [1.165, 1.54) is 31.3 Å². The second-order valence-corrected chi connectivity index (χ2v) is 13.0. The van der Waals surface area contributed by atoms with Crippen molar-refractivity contribution < 1.29 is 0 Å². The predicted molar refractivity (Wildman–Crippen MR) is 198 cm³/mol. The number of aromatic nitrogens is 1. The number of rotatable bonds is 6. The molecule has 1 aliphatic rings. The lowest BCUT2D eigenvalue weighted by Crippen LogP contribution is -2.02. The zero-order valence-corrected chi connectivity index (χ0v) is 26.4. The Morgan fingerprint density at radius 2 is 1.49 bits per heavy atom. The minimum atomic E-state index is 0.379. The van der Waals surface area contributed by atoms with Crippen LogP contribution in [0.3, 0.4) is 0 Å². The van der Waals surface area contributed by atoms with Crippen molar-refractivity contribution in [3.05, 3.63) is 162 Å². The Morgan fingerprint density at radius 3 is 2.26 bits per heavy atom. The zero-order chi connectivity index (χ0) is 31.9. The fourth-order valence-electron chi connectivity index (χ4n) is 6.38. The van der Waals surface area contributed by atoms with Crippen molar-refractivity contribution in [3.63, 3.8) is 0 Å². The second kappa shape index (κ2) is 11.8. The molecule has 3 N–H and O–H groups in total. The molecule has 8 rings (SSSR count). The lowest BCUT2D eigenvalue weighted by atomic mass is 9.97. The number of fused-ring (bicyclic) bond motifs is 4. The molecular formula is C42H30N4S. The molecule has 2 aromatic heterocycles. The molecule has 7 aromatic rings. The molecule has 5 heteroatoms. The van der Waals surface area contributed by atoms with E-state index in [1.807, 2.05) is 42.5 Å². The highest BCUT2D eigenvalue weighted by molar-refractivity contribution is 7.25. The molecule has 224 valence electrons. The Labute approximate surface area is 277 Å². The number of allylic oxidation sites excluding steroid dienone is 5. The lowest BCUT2D eigenvalue weighted by molar-refractivity contribution is 1.04. The summed E-state index contributed by atoms with van der Waals surface area (Å²) in [6.45, 7) is 0. The van der Waals surface area contributed by atoms with Crippen LogP contribution < -0.4 is 5.73 Å². The van der Waals surface area contributed by atoms with Gasteiger partial charge in [-0.1, -0.05) is 72.8 Å². The maximum Gasteiger partial charge on any atom is 0.0991 e. The van der Waals surface area contributed by atoms with Crippen LogP contribution in [0.2, 0.25) is 0 Å². The Hall–Kier alpha value is -5.96. The van der Waals surface area contributed by atoms with Crippen molar-refractivity contribution in [2.75, 3.05) is 0 Å². The number of nitrogens with two attached hydrogens (primary N) is 1. The SMILES string of the molecule is N#Cc1ccc2c(ccn2-c2ccc3sc4ccc(-c5ccc(C(=N)/C=C(\N)c6ccc(C7=CCCC=C7)cc6)cc5)cc4c3c2)c1. The third kappa shape index (κ3) is 5.35. The minimum Gasteiger partial charge on any atom is -0.398 e. The summed E-state index contributed by atoms with van der Waals surface area (Å²) in [6.07, 6.45) is 12.6. The van der Waals surface area contributed by atoms with Gasteiger partial charge in [-0.3, -0.25) is 0 Å². The molecule has 1 aliphatic carbocycles. The average molecular weight is 623 g/mol. The topological polar surface area (TPSA) is 78.6 Å². The number of hydrogen-bond donors (Lipinski definition) is 2. The van der Waals surface area contributed by atoms with Gasteiger partial charge in [0.2, 0.25) is 0 Å². The minimum absolute atomic E-state index is 0.379. The summed E-state index contributed by atoms with van der Waals surface area (Å²) in [4.78, 5) is 0. The average Bonchev–Trinajstić information content (AvgIpc) is 3.72. The van der Waals surface area contributed by atoms with Gasteiger partial charge in [-0.05, 0) is 107 Å². The number of nitrogens with zero attached hydrogens (tertiary/aromatic N) is 2. The molecule has 0 unspecified atom stereocenters. The van der Waals surface area contributed by atoms with Gasteiger partial charge in [-0.15, -0.1) is 11.3 Å². The first-order valence-electron chi connectivity index (χ1n) is 15.7. The van der Waals surface area contributed by atoms with Crippen molar-refractivity contribution in [2.24, 2.45) is 5.73 Å². The third-order valence-corrected chi connectivity index (χ3v) is 10.1. The summed E-state index contributed by atoms with van der Waals surface area (Å²) in [6, 6.07) is 39.8. The molecule has 0 atom stereocenters. The molecule has 2 heterocycles. The van der Waals surface area contributed by atoms with Crippen LogP contribution in [0, 0.1) is 16.7 Å². The summed E-state index contributed by atoms with van der Waals surface area (Å²) in [5, 5.41) is 21.5. The first-order chi connectivity index (χ1) is 23.0. The normalized spacial score (nSPS) is 13.3. The van der Waals surface area contributed by atoms with Gasteiger partial charge < -0.3 is 15.7 Å². The van der Waals surface area contributed by atoms with Crippen molar-refractivity contribution >= 4 is 59.4 Å². The zero-order valence-electron chi connectivity index (χ0n) is 25.6. The van der Waals surface area contributed by atoms with Crippen molar-refractivity contribution in [1.29, 1.82) is 10.7 Å². The molecule has 0 spiro atoms. The van der Waals surface area contributed by atoms with E-state index >= 15 is 0 Å². The fraction of sp³-hybridized carbons (Fsp3) is 0.0476. The van der Waals surface area contributed by atoms with E-state index in [1.54, 1.807) is 17.4 Å². The number of thiophene rings is 1. The Balaban J connectivity index is 1.05.